The van der Waals surface area contributed by atoms with Gasteiger partial charge >= 0.3 is 6.18 Å². The van der Waals surface area contributed by atoms with Crippen LogP contribution in [0.25, 0.3) is 10.9 Å². The van der Waals surface area contributed by atoms with Gasteiger partial charge in [0, 0.05) is 28.8 Å². The zero-order valence-corrected chi connectivity index (χ0v) is 28.5. The van der Waals surface area contributed by atoms with E-state index >= 15 is 0 Å². The summed E-state index contributed by atoms with van der Waals surface area (Å²) < 4.78 is 56.2. The number of hydrogen-bond acceptors (Lipinski definition) is 5. The molecule has 0 spiro atoms. The number of carbonyl (C=O) groups excluding carboxylic acids is 3. The number of carbonyl (C=O) groups is 3. The van der Waals surface area contributed by atoms with Crippen LogP contribution in [0.5, 0.6) is 0 Å². The third-order valence-electron chi connectivity index (χ3n) is 9.16. The second kappa shape index (κ2) is 14.7. The fraction of sp³-hybridized carbons (Fsp3) is 0.371. The molecule has 260 valence electrons. The molecule has 3 amide bonds. The first-order valence-electron chi connectivity index (χ1n) is 15.9. The first-order chi connectivity index (χ1) is 23.2. The van der Waals surface area contributed by atoms with Crippen LogP contribution in [0.4, 0.5) is 17.6 Å². The quantitative estimate of drug-likeness (QED) is 0.0976. The molecule has 0 fully saturated rings. The Bertz CT molecular complexity index is 1860. The molecule has 2 aromatic carbocycles. The smallest absolute Gasteiger partial charge is 0.392 e. The van der Waals surface area contributed by atoms with E-state index in [1.165, 1.54) is 35.6 Å². The SMILES string of the molecule is CCC(C)[C@H](NC(=O)[C@@]1(NC(=O)[C@@H](Cc2cccs2)NC(=O)Cc2ccccc2F)CCc2[nH]c3c(C(F)(F)F)cccc3c2C1)C(N)=S. The fourth-order valence-electron chi connectivity index (χ4n) is 6.30. The lowest BCUT2D eigenvalue weighted by Crippen LogP contribution is -2.66. The Morgan fingerprint density at radius 1 is 1.08 bits per heavy atom. The number of H-pyrrole nitrogens is 1. The van der Waals surface area contributed by atoms with Gasteiger partial charge in [-0.05, 0) is 53.5 Å². The Labute approximate surface area is 290 Å². The van der Waals surface area contributed by atoms with Crippen molar-refractivity contribution in [2.45, 2.75) is 76.2 Å². The molecule has 14 heteroatoms. The van der Waals surface area contributed by atoms with Crippen LogP contribution in [0.1, 0.15) is 54.0 Å². The average molecular weight is 716 g/mol. The number of aromatic amines is 1. The van der Waals surface area contributed by atoms with Gasteiger partial charge in [0.05, 0.1) is 28.5 Å². The van der Waals surface area contributed by atoms with Crippen LogP contribution in [0.2, 0.25) is 0 Å². The van der Waals surface area contributed by atoms with E-state index in [1.807, 2.05) is 19.2 Å². The van der Waals surface area contributed by atoms with Crippen molar-refractivity contribution < 1.29 is 31.9 Å². The Kier molecular flexibility index (Phi) is 10.8. The van der Waals surface area contributed by atoms with E-state index in [9.17, 15) is 31.9 Å². The third-order valence-corrected chi connectivity index (χ3v) is 10.3. The largest absolute Gasteiger partial charge is 0.418 e. The molecular formula is C35H37F4N5O3S2. The zero-order chi connectivity index (χ0) is 35.5. The number of fused-ring (bicyclic) bond motifs is 3. The van der Waals surface area contributed by atoms with Crippen molar-refractivity contribution >= 4 is 57.2 Å². The van der Waals surface area contributed by atoms with E-state index in [4.69, 9.17) is 18.0 Å². The molecule has 1 unspecified atom stereocenters. The van der Waals surface area contributed by atoms with E-state index < -0.39 is 52.9 Å². The summed E-state index contributed by atoms with van der Waals surface area (Å²) in [6.45, 7) is 3.78. The number of nitrogens with one attached hydrogen (secondary N) is 4. The predicted octanol–water partition coefficient (Wildman–Crippen LogP) is 5.52. The number of alkyl halides is 3. The van der Waals surface area contributed by atoms with Crippen LogP contribution in [-0.2, 0) is 46.2 Å². The molecular weight excluding hydrogens is 679 g/mol. The number of benzene rings is 2. The summed E-state index contributed by atoms with van der Waals surface area (Å²) in [6, 6.07) is 11.4. The minimum Gasteiger partial charge on any atom is -0.392 e. The highest BCUT2D eigenvalue weighted by atomic mass is 32.1. The molecule has 6 N–H and O–H groups in total. The maximum Gasteiger partial charge on any atom is 0.418 e. The summed E-state index contributed by atoms with van der Waals surface area (Å²) in [4.78, 5) is 45.5. The molecule has 5 rings (SSSR count). The van der Waals surface area contributed by atoms with Gasteiger partial charge in [-0.15, -0.1) is 11.3 Å². The van der Waals surface area contributed by atoms with Crippen LogP contribution < -0.4 is 21.7 Å². The normalized spacial score (nSPS) is 17.8. The van der Waals surface area contributed by atoms with E-state index in [2.05, 4.69) is 20.9 Å². The summed E-state index contributed by atoms with van der Waals surface area (Å²) in [5.41, 5.74) is 4.60. The highest BCUT2D eigenvalue weighted by Gasteiger charge is 2.46. The number of rotatable bonds is 12. The highest BCUT2D eigenvalue weighted by Crippen LogP contribution is 2.40. The molecule has 0 bridgehead atoms. The van der Waals surface area contributed by atoms with Gasteiger partial charge in [-0.1, -0.05) is 68.9 Å². The number of para-hydroxylation sites is 1. The van der Waals surface area contributed by atoms with Crippen molar-refractivity contribution in [3.63, 3.8) is 0 Å². The molecule has 0 aliphatic heterocycles. The van der Waals surface area contributed by atoms with Crippen LogP contribution in [0.3, 0.4) is 0 Å². The second-order valence-corrected chi connectivity index (χ2v) is 14.0. The van der Waals surface area contributed by atoms with Crippen molar-refractivity contribution in [3.05, 3.63) is 93.1 Å². The summed E-state index contributed by atoms with van der Waals surface area (Å²) in [5.74, 6) is -2.60. The van der Waals surface area contributed by atoms with Crippen LogP contribution in [0, 0.1) is 11.7 Å². The lowest BCUT2D eigenvalue weighted by Gasteiger charge is -2.39. The van der Waals surface area contributed by atoms with Crippen molar-refractivity contribution in [1.29, 1.82) is 0 Å². The number of hydrogen-bond donors (Lipinski definition) is 5. The maximum atomic E-state index is 14.4. The molecule has 1 aliphatic carbocycles. The number of thiophene rings is 1. The van der Waals surface area contributed by atoms with Gasteiger partial charge in [-0.25, -0.2) is 4.39 Å². The summed E-state index contributed by atoms with van der Waals surface area (Å²) >= 11 is 6.65. The minimum absolute atomic E-state index is 0.0329. The highest BCUT2D eigenvalue weighted by molar-refractivity contribution is 7.80. The van der Waals surface area contributed by atoms with E-state index in [1.54, 1.807) is 24.3 Å². The third kappa shape index (κ3) is 7.96. The number of amides is 3. The van der Waals surface area contributed by atoms with Gasteiger partial charge in [0.15, 0.2) is 0 Å². The molecule has 4 aromatic rings. The maximum absolute atomic E-state index is 14.4. The standard InChI is InChI=1S/C35H37F4N5O3S2/c1-3-19(2)29(31(40)48)43-33(47)34(14-13-26-23(18-34)22-10-6-11-24(30(22)42-26)35(37,38)39)44-32(46)27(17-21-9-7-15-49-21)41-28(45)16-20-8-4-5-12-25(20)36/h4-12,15,19,27,29,42H,3,13-14,16-18H2,1-2H3,(H2,40,48)(H,41,45)(H,43,47)(H,44,46)/t19?,27-,29+,34-/m1/s1. The molecule has 49 heavy (non-hydrogen) atoms. The predicted molar refractivity (Wildman–Crippen MR) is 184 cm³/mol. The van der Waals surface area contributed by atoms with Crippen molar-refractivity contribution in [2.24, 2.45) is 11.7 Å². The van der Waals surface area contributed by atoms with Gasteiger partial charge in [-0.2, -0.15) is 13.2 Å². The monoisotopic (exact) mass is 715 g/mol. The Morgan fingerprint density at radius 2 is 1.84 bits per heavy atom. The van der Waals surface area contributed by atoms with E-state index in [0.29, 0.717) is 17.7 Å². The molecule has 0 radical (unpaired) electrons. The van der Waals surface area contributed by atoms with Crippen molar-refractivity contribution in [1.82, 2.24) is 20.9 Å². The van der Waals surface area contributed by atoms with E-state index in [-0.39, 0.29) is 59.5 Å². The van der Waals surface area contributed by atoms with Gasteiger partial charge in [0.1, 0.15) is 17.4 Å². The topological polar surface area (TPSA) is 129 Å². The van der Waals surface area contributed by atoms with E-state index in [0.717, 1.165) is 10.9 Å². The van der Waals surface area contributed by atoms with Crippen LogP contribution in [-0.4, -0.2) is 45.3 Å². The molecule has 0 saturated heterocycles. The number of nitrogens with two attached hydrogens (primary N) is 1. The molecule has 1 aliphatic rings. The van der Waals surface area contributed by atoms with Crippen LogP contribution >= 0.6 is 23.6 Å². The first-order valence-corrected chi connectivity index (χ1v) is 17.2. The molecule has 2 heterocycles. The Morgan fingerprint density at radius 3 is 2.49 bits per heavy atom. The fourth-order valence-corrected chi connectivity index (χ4v) is 7.34. The van der Waals surface area contributed by atoms with Gasteiger partial charge in [0.25, 0.3) is 0 Å². The zero-order valence-electron chi connectivity index (χ0n) is 26.9. The summed E-state index contributed by atoms with van der Waals surface area (Å²) in [6.07, 6.45) is -4.19. The second-order valence-electron chi connectivity index (χ2n) is 12.5. The molecule has 0 saturated carbocycles. The Hall–Kier alpha value is -4.30. The first kappa shape index (κ1) is 36.0. The molecule has 8 nitrogen and oxygen atoms in total. The van der Waals surface area contributed by atoms with Crippen molar-refractivity contribution in [2.75, 3.05) is 0 Å². The van der Waals surface area contributed by atoms with Gasteiger partial charge in [0.2, 0.25) is 17.7 Å². The minimum atomic E-state index is -4.62. The Balaban J connectivity index is 1.51. The molecule has 2 aromatic heterocycles. The lowest BCUT2D eigenvalue weighted by molar-refractivity contribution is -0.136. The van der Waals surface area contributed by atoms with Gasteiger partial charge in [-0.3, -0.25) is 14.4 Å². The van der Waals surface area contributed by atoms with Gasteiger partial charge < -0.3 is 26.7 Å². The number of aryl methyl sites for hydroxylation is 1. The summed E-state index contributed by atoms with van der Waals surface area (Å²) in [7, 11) is 0. The number of halogens is 4. The number of thiocarbonyl (C=S) groups is 1. The van der Waals surface area contributed by atoms with Crippen molar-refractivity contribution in [3.8, 4) is 0 Å². The average Bonchev–Trinajstić information content (AvgIpc) is 3.70. The molecule has 4 atom stereocenters. The lowest BCUT2D eigenvalue weighted by atomic mass is 9.78. The van der Waals surface area contributed by atoms with Crippen LogP contribution in [0.15, 0.2) is 60.0 Å². The summed E-state index contributed by atoms with van der Waals surface area (Å²) in [5, 5.41) is 10.7. The number of aromatic nitrogens is 1.